The van der Waals surface area contributed by atoms with Crippen LogP contribution in [-0.2, 0) is 4.57 Å². The smallest absolute Gasteiger partial charge is 0.177 e. The summed E-state index contributed by atoms with van der Waals surface area (Å²) in [5, 5.41) is 0. The molecule has 0 aromatic rings. The van der Waals surface area contributed by atoms with Gasteiger partial charge in [-0.15, -0.1) is 0 Å². The minimum Gasteiger partial charge on any atom is -0.348 e. The summed E-state index contributed by atoms with van der Waals surface area (Å²) in [4.78, 5) is 7.10. The Kier molecular flexibility index (Phi) is 4.87. The Hall–Kier alpha value is -0.0700. The summed E-state index contributed by atoms with van der Waals surface area (Å²) < 4.78 is 8.57. The molecular weight excluding hydrogens is 99.0 g/mol. The predicted molar refractivity (Wildman–Crippen MR) is 26.4 cm³/mol. The van der Waals surface area contributed by atoms with E-state index in [1.165, 1.54) is 6.42 Å². The number of hydrogen-bond donors (Lipinski definition) is 1. The topological polar surface area (TPSA) is 37.3 Å². The highest BCUT2D eigenvalue weighted by molar-refractivity contribution is 7.16. The zero-order valence-electron chi connectivity index (χ0n) is 3.29. The first kappa shape index (κ1) is 5.93. The molecule has 0 saturated heterocycles. The maximum absolute atomic E-state index is 8.57. The van der Waals surface area contributed by atoms with Crippen molar-refractivity contribution in [1.82, 2.24) is 0 Å². The lowest BCUT2D eigenvalue weighted by Gasteiger charge is -1.33. The Balaban J connectivity index is 0.0000000833. The molecule has 0 bridgehead atoms. The molecule has 0 aromatic heterocycles. The molecule has 36 valence electrons. The van der Waals surface area contributed by atoms with Crippen molar-refractivity contribution >= 4 is 8.69 Å². The van der Waals surface area contributed by atoms with Crippen LogP contribution >= 0.6 is 8.69 Å². The van der Waals surface area contributed by atoms with Crippen molar-refractivity contribution in [2.75, 3.05) is 0 Å². The number of hydrogen-bond acceptors (Lipinski definition) is 1. The van der Waals surface area contributed by atoms with Gasteiger partial charge in [-0.3, -0.25) is 4.57 Å². The highest BCUT2D eigenvalue weighted by atomic mass is 31.1. The second kappa shape index (κ2) is 4.93. The van der Waals surface area contributed by atoms with Crippen molar-refractivity contribution in [2.45, 2.75) is 6.42 Å². The molecule has 1 atom stereocenters. The molecule has 6 heavy (non-hydrogen) atoms. The van der Waals surface area contributed by atoms with Crippen molar-refractivity contribution in [2.24, 2.45) is 0 Å². The quantitative estimate of drug-likeness (QED) is 0.362. The first-order chi connectivity index (χ1) is 2.91. The molecule has 1 aliphatic rings. The lowest BCUT2D eigenvalue weighted by Crippen LogP contribution is -1.03. The van der Waals surface area contributed by atoms with Gasteiger partial charge in [0.15, 0.2) is 8.69 Å². The SMILES string of the molecule is C1=CC1.O=[PH2]O. The maximum atomic E-state index is 8.57. The standard InChI is InChI=1S/C3H4.H3O2P/c1-2-3-1;1-3-2/h1-2H,3H2;3H2,(H,1,2). The van der Waals surface area contributed by atoms with E-state index in [4.69, 9.17) is 9.46 Å². The molecule has 1 rings (SSSR count). The molecule has 0 aliphatic heterocycles. The Morgan fingerprint density at radius 3 is 1.83 bits per heavy atom. The van der Waals surface area contributed by atoms with Crippen molar-refractivity contribution in [3.05, 3.63) is 12.2 Å². The molecule has 3 heteroatoms. The molecule has 0 spiro atoms. The van der Waals surface area contributed by atoms with Gasteiger partial charge < -0.3 is 4.89 Å². The van der Waals surface area contributed by atoms with Crippen LogP contribution in [-0.4, -0.2) is 4.89 Å². The third kappa shape index (κ3) is 39.0. The predicted octanol–water partition coefficient (Wildman–Crippen LogP) is 0.596. The van der Waals surface area contributed by atoms with E-state index < -0.39 is 8.69 Å². The first-order valence-electron chi connectivity index (χ1n) is 1.64. The van der Waals surface area contributed by atoms with Crippen LogP contribution in [0, 0.1) is 0 Å². The van der Waals surface area contributed by atoms with Gasteiger partial charge in [0.05, 0.1) is 0 Å². The van der Waals surface area contributed by atoms with Crippen LogP contribution in [0.4, 0.5) is 0 Å². The van der Waals surface area contributed by atoms with Crippen molar-refractivity contribution < 1.29 is 9.46 Å². The Morgan fingerprint density at radius 1 is 1.67 bits per heavy atom. The Labute approximate surface area is 37.8 Å². The van der Waals surface area contributed by atoms with Gasteiger partial charge in [0, 0.05) is 0 Å². The summed E-state index contributed by atoms with van der Waals surface area (Å²) in [6.07, 6.45) is 5.50. The molecule has 0 radical (unpaired) electrons. The molecular formula is C3H7O2P. The second-order valence-corrected chi connectivity index (χ2v) is 1.02. The van der Waals surface area contributed by atoms with E-state index in [-0.39, 0.29) is 0 Å². The first-order valence-corrected chi connectivity index (χ1v) is 2.63. The normalized spacial score (nSPS) is 14.2. The number of allylic oxidation sites excluding steroid dienone is 2. The fourth-order valence-electron chi connectivity index (χ4n) is 0. The average Bonchev–Trinajstić information content (AvgIpc) is 2.11. The van der Waals surface area contributed by atoms with Gasteiger partial charge in [-0.1, -0.05) is 12.2 Å². The van der Waals surface area contributed by atoms with Gasteiger partial charge in [-0.05, 0) is 6.42 Å². The van der Waals surface area contributed by atoms with E-state index in [2.05, 4.69) is 12.2 Å². The van der Waals surface area contributed by atoms with E-state index in [0.29, 0.717) is 0 Å². The molecule has 0 aromatic carbocycles. The molecule has 0 heterocycles. The van der Waals surface area contributed by atoms with Crippen LogP contribution in [0.5, 0.6) is 0 Å². The highest BCUT2D eigenvalue weighted by Gasteiger charge is 1.75. The van der Waals surface area contributed by atoms with Gasteiger partial charge in [-0.25, -0.2) is 0 Å². The highest BCUT2D eigenvalue weighted by Crippen LogP contribution is 1.96. The molecule has 1 aliphatic carbocycles. The van der Waals surface area contributed by atoms with Gasteiger partial charge in [0.25, 0.3) is 0 Å². The van der Waals surface area contributed by atoms with Gasteiger partial charge in [-0.2, -0.15) is 0 Å². The van der Waals surface area contributed by atoms with E-state index in [1.54, 1.807) is 0 Å². The third-order valence-electron chi connectivity index (χ3n) is 0.236. The fraction of sp³-hybridized carbons (Fsp3) is 0.333. The summed E-state index contributed by atoms with van der Waals surface area (Å²) in [7, 11) is -1.50. The van der Waals surface area contributed by atoms with Crippen molar-refractivity contribution in [3.8, 4) is 0 Å². The monoisotopic (exact) mass is 106 g/mol. The lowest BCUT2D eigenvalue weighted by atomic mass is 10.9. The summed E-state index contributed by atoms with van der Waals surface area (Å²) in [6, 6.07) is 0. The zero-order chi connectivity index (χ0) is 4.83. The summed E-state index contributed by atoms with van der Waals surface area (Å²) >= 11 is 0. The number of rotatable bonds is 0. The average molecular weight is 106 g/mol. The van der Waals surface area contributed by atoms with Crippen molar-refractivity contribution in [1.29, 1.82) is 0 Å². The Morgan fingerprint density at radius 2 is 1.83 bits per heavy atom. The minimum absolute atomic E-state index is 1.25. The maximum Gasteiger partial charge on any atom is 0.177 e. The third-order valence-corrected chi connectivity index (χ3v) is 0.236. The second-order valence-electron chi connectivity index (χ2n) is 0.813. The van der Waals surface area contributed by atoms with Gasteiger partial charge >= 0.3 is 0 Å². The lowest BCUT2D eigenvalue weighted by molar-refractivity contribution is 0.524. The van der Waals surface area contributed by atoms with Crippen LogP contribution < -0.4 is 0 Å². The van der Waals surface area contributed by atoms with Crippen LogP contribution in [0.1, 0.15) is 6.42 Å². The molecule has 1 unspecified atom stereocenters. The minimum atomic E-state index is -1.50. The fourth-order valence-corrected chi connectivity index (χ4v) is 0. The van der Waals surface area contributed by atoms with Gasteiger partial charge in [0.2, 0.25) is 0 Å². The molecule has 0 saturated carbocycles. The van der Waals surface area contributed by atoms with E-state index in [0.717, 1.165) is 0 Å². The van der Waals surface area contributed by atoms with Crippen molar-refractivity contribution in [3.63, 3.8) is 0 Å². The van der Waals surface area contributed by atoms with Crippen LogP contribution in [0.25, 0.3) is 0 Å². The van der Waals surface area contributed by atoms with Crippen LogP contribution in [0.2, 0.25) is 0 Å². The molecule has 0 fully saturated rings. The summed E-state index contributed by atoms with van der Waals surface area (Å²) in [5.74, 6) is 0. The van der Waals surface area contributed by atoms with Gasteiger partial charge in [0.1, 0.15) is 0 Å². The van der Waals surface area contributed by atoms with E-state index >= 15 is 0 Å². The Bertz CT molecular complexity index is 55.8. The molecule has 2 nitrogen and oxygen atoms in total. The van der Waals surface area contributed by atoms with E-state index in [1.807, 2.05) is 0 Å². The summed E-state index contributed by atoms with van der Waals surface area (Å²) in [6.45, 7) is 0. The summed E-state index contributed by atoms with van der Waals surface area (Å²) in [5.41, 5.74) is 0. The molecule has 1 N–H and O–H groups in total. The zero-order valence-corrected chi connectivity index (χ0v) is 4.45. The largest absolute Gasteiger partial charge is 0.348 e. The van der Waals surface area contributed by atoms with Crippen LogP contribution in [0.15, 0.2) is 12.2 Å². The van der Waals surface area contributed by atoms with E-state index in [9.17, 15) is 0 Å². The molecule has 0 amide bonds. The van der Waals surface area contributed by atoms with Crippen LogP contribution in [0.3, 0.4) is 0 Å².